The highest BCUT2D eigenvalue weighted by Crippen LogP contribution is 2.53. The lowest BCUT2D eigenvalue weighted by atomic mass is 10.1. The van der Waals surface area contributed by atoms with Gasteiger partial charge in [-0.15, -0.1) is 0 Å². The van der Waals surface area contributed by atoms with Crippen LogP contribution in [0, 0.1) is 5.41 Å². The van der Waals surface area contributed by atoms with Gasteiger partial charge in [0.05, 0.1) is 0 Å². The molecule has 0 saturated carbocycles. The maximum atomic E-state index is 15.6. The number of para-hydroxylation sites is 2. The third kappa shape index (κ3) is 5.68. The predicted molar refractivity (Wildman–Crippen MR) is 227 cm³/mol. The van der Waals surface area contributed by atoms with Gasteiger partial charge in [0.15, 0.2) is 17.5 Å². The Hall–Kier alpha value is -7.00. The van der Waals surface area contributed by atoms with Gasteiger partial charge >= 0.3 is 22.7 Å². The molecule has 0 unspecified atom stereocenters. The summed E-state index contributed by atoms with van der Waals surface area (Å²) in [6.07, 6.45) is 1.79. The van der Waals surface area contributed by atoms with Crippen LogP contribution in [0.25, 0.3) is 10.8 Å². The van der Waals surface area contributed by atoms with E-state index in [0.717, 1.165) is 33.0 Å². The predicted octanol–water partition coefficient (Wildman–Crippen LogP) is 9.21. The molecule has 5 heterocycles. The van der Waals surface area contributed by atoms with Crippen molar-refractivity contribution in [2.45, 2.75) is 0 Å². The molecule has 4 aliphatic heterocycles. The van der Waals surface area contributed by atoms with Crippen LogP contribution in [0.1, 0.15) is 33.4 Å². The molecular weight excluding hydrogens is 762 g/mol. The van der Waals surface area contributed by atoms with Crippen molar-refractivity contribution in [3.63, 3.8) is 0 Å². The summed E-state index contributed by atoms with van der Waals surface area (Å²) in [6, 6.07) is 48.5. The van der Waals surface area contributed by atoms with Gasteiger partial charge in [0, 0.05) is 50.4 Å². The van der Waals surface area contributed by atoms with Gasteiger partial charge in [-0.3, -0.25) is 5.41 Å². The van der Waals surface area contributed by atoms with Crippen molar-refractivity contribution in [2.24, 2.45) is 25.0 Å². The minimum Gasteiger partial charge on any atom is -0.397 e. The smallest absolute Gasteiger partial charge is 0.397 e. The van der Waals surface area contributed by atoms with Crippen molar-refractivity contribution in [1.29, 1.82) is 5.41 Å². The summed E-state index contributed by atoms with van der Waals surface area (Å²) in [4.78, 5) is 25.6. The van der Waals surface area contributed by atoms with Gasteiger partial charge < -0.3 is 20.1 Å². The lowest BCUT2D eigenvalue weighted by molar-refractivity contribution is 0.291. The number of hydrogen-bond donors (Lipinski definition) is 1. The molecule has 0 aliphatic carbocycles. The molecule has 7 aromatic rings. The van der Waals surface area contributed by atoms with E-state index in [2.05, 4.69) is 0 Å². The van der Waals surface area contributed by atoms with Gasteiger partial charge in [-0.1, -0.05) is 133 Å². The normalized spacial score (nSPS) is 16.5. The highest BCUT2D eigenvalue weighted by atomic mass is 31.2. The van der Waals surface area contributed by atoms with E-state index in [0.29, 0.717) is 46.1 Å². The maximum Gasteiger partial charge on any atom is 0.820 e. The molecule has 0 radical (unpaired) electrons. The Bertz CT molecular complexity index is 3020. The Morgan fingerprint density at radius 3 is 1.83 bits per heavy atom. The van der Waals surface area contributed by atoms with Gasteiger partial charge in [0.2, 0.25) is 0 Å². The van der Waals surface area contributed by atoms with Crippen molar-refractivity contribution >= 4 is 80.5 Å². The molecule has 6 aromatic carbocycles. The average molecular weight is 791 g/mol. The van der Waals surface area contributed by atoms with Gasteiger partial charge in [-0.25, -0.2) is 29.5 Å². The number of nitrogens with one attached hydrogen (secondary N) is 1. The minimum absolute atomic E-state index is 0.0835. The Morgan fingerprint density at radius 2 is 1.14 bits per heavy atom. The van der Waals surface area contributed by atoms with Gasteiger partial charge in [-0.05, 0) is 24.3 Å². The molecular formula is C44H28AlN8O4P. The van der Waals surface area contributed by atoms with Crippen molar-refractivity contribution in [2.75, 3.05) is 0 Å². The van der Waals surface area contributed by atoms with Crippen molar-refractivity contribution < 1.29 is 17.2 Å². The highest BCUT2D eigenvalue weighted by molar-refractivity contribution is 7.50. The van der Waals surface area contributed by atoms with Crippen LogP contribution >= 0.6 is 7.82 Å². The summed E-state index contributed by atoms with van der Waals surface area (Å²) in [5, 5.41) is 11.3. The zero-order valence-electron chi connectivity index (χ0n) is 30.4. The van der Waals surface area contributed by atoms with E-state index in [-0.39, 0.29) is 17.3 Å². The molecule has 14 heteroatoms. The number of rotatable bonds is 7. The van der Waals surface area contributed by atoms with E-state index >= 15 is 4.57 Å². The molecule has 58 heavy (non-hydrogen) atoms. The molecule has 1 aromatic heterocycles. The number of benzene rings is 6. The number of hydrogen-bond acceptors (Lipinski definition) is 9. The van der Waals surface area contributed by atoms with E-state index < -0.39 is 22.7 Å². The molecule has 0 saturated heterocycles. The first-order chi connectivity index (χ1) is 28.5. The molecule has 0 spiro atoms. The van der Waals surface area contributed by atoms with Crippen LogP contribution in [0.2, 0.25) is 0 Å². The van der Waals surface area contributed by atoms with Crippen molar-refractivity contribution in [3.8, 4) is 11.5 Å². The lowest BCUT2D eigenvalue weighted by Gasteiger charge is -2.30. The monoisotopic (exact) mass is 790 g/mol. The fraction of sp³-hybridized carbons (Fsp3) is 0. The van der Waals surface area contributed by atoms with Crippen molar-refractivity contribution in [3.05, 3.63) is 191 Å². The van der Waals surface area contributed by atoms with Gasteiger partial charge in [-0.2, -0.15) is 0 Å². The first kappa shape index (κ1) is 34.3. The van der Waals surface area contributed by atoms with Crippen LogP contribution in [0.15, 0.2) is 183 Å². The number of phosphoric acid groups is 1. The molecule has 1 N–H and O–H groups in total. The summed E-state index contributed by atoms with van der Waals surface area (Å²) in [5.41, 5.74) is 4.65. The van der Waals surface area contributed by atoms with E-state index in [1.165, 1.54) is 0 Å². The summed E-state index contributed by atoms with van der Waals surface area (Å²) in [6.45, 7) is 0. The number of amidine groups is 5. The Kier molecular flexibility index (Phi) is 8.03. The van der Waals surface area contributed by atoms with Crippen LogP contribution in [0.5, 0.6) is 11.5 Å². The summed E-state index contributed by atoms with van der Waals surface area (Å²) in [5.74, 6) is 3.22. The standard InChI is InChI=1S/C32H18N8.C12H11O4P.Al/c33-26-20-11-3-4-12-21(20)28(35-26)37-30-24-15-7-8-16-25(24)32(39-30)40-31-23-14-6-5-13-22(23)29(38-31)36-27-19-10-2-1-9-18(19)17-34-27;13-17(14,15-11-7-3-1-4-8-11)16-12-9-5-2-6-10-12;/h1-17H,(H-,33,35,37,39,40);1-10H,(H,13,14);/q-2;;+3/p-1/b36-27-;;. The number of fused-ring (bicyclic) bond motifs is 11. The second-order valence-corrected chi connectivity index (χ2v) is 17.4. The maximum absolute atomic E-state index is 15.6. The Balaban J connectivity index is 1.23. The molecule has 11 rings (SSSR count). The van der Waals surface area contributed by atoms with E-state index in [4.69, 9.17) is 37.6 Å². The second kappa shape index (κ2) is 13.6. The molecule has 12 nitrogen and oxygen atoms in total. The quantitative estimate of drug-likeness (QED) is 0.127. The third-order valence-corrected chi connectivity index (χ3v) is 14.7. The van der Waals surface area contributed by atoms with Gasteiger partial charge in [0.1, 0.15) is 34.8 Å². The average Bonchev–Trinajstić information content (AvgIpc) is 3.99. The van der Waals surface area contributed by atoms with Crippen LogP contribution in [-0.4, -0.2) is 57.8 Å². The number of aliphatic imine (C=N–C) groups is 5. The summed E-state index contributed by atoms with van der Waals surface area (Å²) < 4.78 is 38.8. The molecule has 4 aliphatic rings. The van der Waals surface area contributed by atoms with Gasteiger partial charge in [0.25, 0.3) is 0 Å². The zero-order valence-corrected chi connectivity index (χ0v) is 32.4. The van der Waals surface area contributed by atoms with E-state index in [1.807, 2.05) is 113 Å². The molecule has 2 bridgehead atoms. The summed E-state index contributed by atoms with van der Waals surface area (Å²) in [7, 11) is -4.65. The molecule has 276 valence electrons. The Morgan fingerprint density at radius 1 is 0.586 bits per heavy atom. The van der Waals surface area contributed by atoms with Crippen LogP contribution in [0.3, 0.4) is 0 Å². The van der Waals surface area contributed by atoms with E-state index in [9.17, 15) is 5.41 Å². The molecule has 0 amide bonds. The largest absolute Gasteiger partial charge is 0.820 e. The second-order valence-electron chi connectivity index (χ2n) is 13.6. The highest BCUT2D eigenvalue weighted by Gasteiger charge is 2.55. The molecule has 0 atom stereocenters. The van der Waals surface area contributed by atoms with E-state index in [1.54, 1.807) is 58.6 Å². The third-order valence-electron chi connectivity index (χ3n) is 10.1. The lowest BCUT2D eigenvalue weighted by Crippen LogP contribution is -2.51. The number of aromatic nitrogens is 1. The Labute approximate surface area is 336 Å². The zero-order chi connectivity index (χ0) is 38.8. The fourth-order valence-electron chi connectivity index (χ4n) is 7.53. The SMILES string of the molecule is N=C1c2ccccc2C2=NC3=N/C(=N\c4c5ccccc5c(/N=C5\N=Cc6ccccc65)[n]4[Al]([O]P(=O)(Oc4ccccc4)Oc4ccccc4)[N]12)c1ccccc13. The minimum atomic E-state index is -4.65. The molecule has 0 fully saturated rings. The number of phosphoric ester groups is 1. The number of nitrogens with zero attached hydrogens (tertiary/aromatic N) is 7. The summed E-state index contributed by atoms with van der Waals surface area (Å²) >= 11 is -3.73. The fourth-order valence-corrected chi connectivity index (χ4v) is 12.2. The first-order valence-corrected chi connectivity index (χ1v) is 21.4. The van der Waals surface area contributed by atoms with Crippen LogP contribution < -0.4 is 9.05 Å². The van der Waals surface area contributed by atoms with Crippen LogP contribution in [0.4, 0.5) is 11.6 Å². The topological polar surface area (TPSA) is 139 Å². The first-order valence-electron chi connectivity index (χ1n) is 18.5. The van der Waals surface area contributed by atoms with Crippen LogP contribution in [-0.2, 0) is 8.14 Å². The van der Waals surface area contributed by atoms with Crippen molar-refractivity contribution in [1.82, 2.24) is 7.43 Å².